The standard InChI is InChI=1S/C25H27N2O.BrH/c28-24(23-6-5-21-3-1-2-4-22(21)12-23)16-26-7-8-27(17-26)25-13-18-9-19(14-25)11-20(10-18)15-25;/h1-8,12,17-20H,9-11,13-16H2;1H/q+1;/p-1. The average Bonchev–Trinajstić information content (AvgIpc) is 3.16. The number of imidazole rings is 1. The summed E-state index contributed by atoms with van der Waals surface area (Å²) < 4.78 is 4.54. The molecule has 0 unspecified atom stereocenters. The fourth-order valence-corrected chi connectivity index (χ4v) is 6.77. The van der Waals surface area contributed by atoms with Gasteiger partial charge < -0.3 is 17.0 Å². The summed E-state index contributed by atoms with van der Waals surface area (Å²) in [6, 6.07) is 14.2. The van der Waals surface area contributed by atoms with Crippen LogP contribution in [0.25, 0.3) is 10.8 Å². The van der Waals surface area contributed by atoms with Crippen molar-refractivity contribution in [2.45, 2.75) is 50.6 Å². The van der Waals surface area contributed by atoms with Crippen LogP contribution in [0, 0.1) is 17.8 Å². The van der Waals surface area contributed by atoms with Crippen LogP contribution in [0.15, 0.2) is 61.2 Å². The Morgan fingerprint density at radius 1 is 0.966 bits per heavy atom. The second kappa shape index (κ2) is 7.09. The summed E-state index contributed by atoms with van der Waals surface area (Å²) in [6.45, 7) is 0.414. The quantitative estimate of drug-likeness (QED) is 0.439. The van der Waals surface area contributed by atoms with Crippen LogP contribution in [0.4, 0.5) is 0 Å². The van der Waals surface area contributed by atoms with Crippen LogP contribution in [0.3, 0.4) is 0 Å². The number of nitrogens with zero attached hydrogens (tertiary/aromatic N) is 2. The lowest BCUT2D eigenvalue weighted by Crippen LogP contribution is -3.00. The van der Waals surface area contributed by atoms with Crippen molar-refractivity contribution in [2.75, 3.05) is 0 Å². The Hall–Kier alpha value is -1.94. The molecule has 0 atom stereocenters. The number of hydrogen-bond acceptors (Lipinski definition) is 1. The lowest BCUT2D eigenvalue weighted by Gasteiger charge is -2.54. The SMILES string of the molecule is O=C(C[n+]1ccn(C23CC4CC(CC(C4)C2)C3)c1)c1ccc2ccccc2c1.[Br-]. The van der Waals surface area contributed by atoms with E-state index in [1.807, 2.05) is 30.3 Å². The minimum absolute atomic E-state index is 0. The van der Waals surface area contributed by atoms with E-state index in [1.165, 1.54) is 43.9 Å². The van der Waals surface area contributed by atoms with E-state index in [-0.39, 0.29) is 22.8 Å². The molecule has 0 N–H and O–H groups in total. The van der Waals surface area contributed by atoms with E-state index in [0.29, 0.717) is 12.1 Å². The fraction of sp³-hybridized carbons (Fsp3) is 0.440. The van der Waals surface area contributed by atoms with Crippen molar-refractivity contribution in [1.29, 1.82) is 0 Å². The topological polar surface area (TPSA) is 25.9 Å². The molecule has 0 spiro atoms. The van der Waals surface area contributed by atoms with Crippen LogP contribution in [0.5, 0.6) is 0 Å². The minimum atomic E-state index is 0. The molecule has 4 heteroatoms. The Morgan fingerprint density at radius 2 is 1.62 bits per heavy atom. The van der Waals surface area contributed by atoms with Crippen LogP contribution in [-0.4, -0.2) is 10.4 Å². The molecule has 1 heterocycles. The van der Waals surface area contributed by atoms with Crippen LogP contribution >= 0.6 is 0 Å². The summed E-state index contributed by atoms with van der Waals surface area (Å²) in [6.07, 6.45) is 14.9. The number of hydrogen-bond donors (Lipinski definition) is 0. The first-order valence-corrected chi connectivity index (χ1v) is 10.8. The molecule has 3 nitrogen and oxygen atoms in total. The van der Waals surface area contributed by atoms with E-state index < -0.39 is 0 Å². The maximum Gasteiger partial charge on any atom is 0.244 e. The molecule has 4 fully saturated rings. The van der Waals surface area contributed by atoms with Gasteiger partial charge in [0.25, 0.3) is 0 Å². The second-order valence-corrected chi connectivity index (χ2v) is 9.62. The first-order valence-electron chi connectivity index (χ1n) is 10.8. The molecule has 4 aliphatic rings. The highest BCUT2D eigenvalue weighted by molar-refractivity contribution is 5.99. The Labute approximate surface area is 182 Å². The number of Topliss-reactive ketones (excluding diaryl/α,β-unsaturated/α-hetero) is 1. The third-order valence-corrected chi connectivity index (χ3v) is 7.64. The number of aromatic nitrogens is 2. The van der Waals surface area contributed by atoms with Gasteiger partial charge >= 0.3 is 0 Å². The third kappa shape index (κ3) is 3.26. The predicted octanol–water partition coefficient (Wildman–Crippen LogP) is 1.74. The Morgan fingerprint density at radius 3 is 2.31 bits per heavy atom. The van der Waals surface area contributed by atoms with Gasteiger partial charge in [-0.15, -0.1) is 0 Å². The molecule has 0 aliphatic heterocycles. The molecule has 4 bridgehead atoms. The van der Waals surface area contributed by atoms with Gasteiger partial charge in [0.05, 0.1) is 0 Å². The molecule has 3 aromatic rings. The molecule has 7 rings (SSSR count). The molecule has 4 saturated carbocycles. The summed E-state index contributed by atoms with van der Waals surface area (Å²) in [5.74, 6) is 2.98. The van der Waals surface area contributed by atoms with Crippen molar-refractivity contribution >= 4 is 16.6 Å². The van der Waals surface area contributed by atoms with Gasteiger partial charge in [-0.2, -0.15) is 0 Å². The van der Waals surface area contributed by atoms with Gasteiger partial charge in [-0.05, 0) is 73.1 Å². The summed E-state index contributed by atoms with van der Waals surface area (Å²) in [4.78, 5) is 12.9. The molecule has 150 valence electrons. The van der Waals surface area contributed by atoms with E-state index in [4.69, 9.17) is 0 Å². The van der Waals surface area contributed by atoms with Crippen LogP contribution in [0.1, 0.15) is 48.9 Å². The number of halogens is 1. The van der Waals surface area contributed by atoms with Crippen molar-refractivity contribution in [1.82, 2.24) is 4.57 Å². The minimum Gasteiger partial charge on any atom is -1.00 e. The largest absolute Gasteiger partial charge is 1.00 e. The lowest BCUT2D eigenvalue weighted by molar-refractivity contribution is -0.683. The van der Waals surface area contributed by atoms with Crippen LogP contribution in [-0.2, 0) is 12.1 Å². The fourth-order valence-electron chi connectivity index (χ4n) is 6.77. The number of ketones is 1. The van der Waals surface area contributed by atoms with Gasteiger partial charge in [-0.25, -0.2) is 9.13 Å². The zero-order chi connectivity index (χ0) is 18.7. The molecule has 0 amide bonds. The van der Waals surface area contributed by atoms with Crippen LogP contribution in [0.2, 0.25) is 0 Å². The Balaban J connectivity index is 0.00000181. The summed E-state index contributed by atoms with van der Waals surface area (Å²) in [5.41, 5.74) is 1.13. The van der Waals surface area contributed by atoms with Gasteiger partial charge in [0.15, 0.2) is 6.54 Å². The van der Waals surface area contributed by atoms with Gasteiger partial charge in [0.1, 0.15) is 17.9 Å². The highest BCUT2D eigenvalue weighted by Crippen LogP contribution is 2.58. The summed E-state index contributed by atoms with van der Waals surface area (Å²) in [5, 5.41) is 2.31. The van der Waals surface area contributed by atoms with Crippen molar-refractivity contribution in [3.8, 4) is 0 Å². The number of rotatable bonds is 4. The van der Waals surface area contributed by atoms with Gasteiger partial charge in [0, 0.05) is 5.56 Å². The molecule has 0 radical (unpaired) electrons. The number of carbonyl (C=O) groups excluding carboxylic acids is 1. The zero-order valence-electron chi connectivity index (χ0n) is 16.6. The second-order valence-electron chi connectivity index (χ2n) is 9.62. The van der Waals surface area contributed by atoms with E-state index in [0.717, 1.165) is 28.7 Å². The van der Waals surface area contributed by atoms with Gasteiger partial charge in [0.2, 0.25) is 12.1 Å². The Bertz CT molecular complexity index is 1030. The molecule has 2 aromatic carbocycles. The van der Waals surface area contributed by atoms with Crippen LogP contribution < -0.4 is 21.5 Å². The molecule has 29 heavy (non-hydrogen) atoms. The summed E-state index contributed by atoms with van der Waals surface area (Å²) in [7, 11) is 0. The molecule has 4 aliphatic carbocycles. The van der Waals surface area contributed by atoms with Gasteiger partial charge in [-0.3, -0.25) is 4.79 Å². The normalized spacial score (nSPS) is 29.7. The zero-order valence-corrected chi connectivity index (χ0v) is 18.2. The van der Waals surface area contributed by atoms with Crippen molar-refractivity contribution in [2.24, 2.45) is 17.8 Å². The first kappa shape index (κ1) is 19.0. The maximum atomic E-state index is 12.9. The van der Waals surface area contributed by atoms with Crippen molar-refractivity contribution in [3.63, 3.8) is 0 Å². The molecular weight excluding hydrogens is 424 g/mol. The monoisotopic (exact) mass is 450 g/mol. The highest BCUT2D eigenvalue weighted by atomic mass is 79.9. The predicted molar refractivity (Wildman–Crippen MR) is 109 cm³/mol. The highest BCUT2D eigenvalue weighted by Gasteiger charge is 2.54. The third-order valence-electron chi connectivity index (χ3n) is 7.64. The first-order chi connectivity index (χ1) is 13.7. The average molecular weight is 451 g/mol. The number of fused-ring (bicyclic) bond motifs is 1. The lowest BCUT2D eigenvalue weighted by atomic mass is 9.53. The van der Waals surface area contributed by atoms with E-state index >= 15 is 0 Å². The molecule has 1 aromatic heterocycles. The molecule has 0 saturated heterocycles. The van der Waals surface area contributed by atoms with Crippen molar-refractivity contribution < 1.29 is 26.3 Å². The van der Waals surface area contributed by atoms with E-state index in [1.54, 1.807) is 0 Å². The number of benzene rings is 2. The smallest absolute Gasteiger partial charge is 0.244 e. The Kier molecular flexibility index (Phi) is 4.65. The summed E-state index contributed by atoms with van der Waals surface area (Å²) >= 11 is 0. The molecular formula is C25H27BrN2O. The maximum absolute atomic E-state index is 12.9. The van der Waals surface area contributed by atoms with Gasteiger partial charge in [-0.1, -0.05) is 36.4 Å². The van der Waals surface area contributed by atoms with E-state index in [9.17, 15) is 4.79 Å². The van der Waals surface area contributed by atoms with E-state index in [2.05, 4.69) is 40.0 Å². The van der Waals surface area contributed by atoms with Crippen molar-refractivity contribution in [3.05, 3.63) is 66.7 Å². The number of carbonyl (C=O) groups is 1.